The van der Waals surface area contributed by atoms with Crippen LogP contribution in [0.15, 0.2) is 72.1 Å². The summed E-state index contributed by atoms with van der Waals surface area (Å²) >= 11 is 0. The van der Waals surface area contributed by atoms with Gasteiger partial charge in [0.1, 0.15) is 12.7 Å². The predicted molar refractivity (Wildman–Crippen MR) is 104 cm³/mol. The highest BCUT2D eigenvalue weighted by Crippen LogP contribution is 2.21. The number of nitrogens with two attached hydrogens (primary N) is 1. The summed E-state index contributed by atoms with van der Waals surface area (Å²) < 4.78 is 29.7. The van der Waals surface area contributed by atoms with Gasteiger partial charge >= 0.3 is 0 Å². The zero-order valence-corrected chi connectivity index (χ0v) is 15.8. The second kappa shape index (κ2) is 8.90. The van der Waals surface area contributed by atoms with Gasteiger partial charge in [0.25, 0.3) is 0 Å². The minimum absolute atomic E-state index is 0.263. The van der Waals surface area contributed by atoms with E-state index in [0.29, 0.717) is 25.1 Å². The molecule has 0 unspecified atom stereocenters. The molecule has 8 heteroatoms. The first-order chi connectivity index (χ1) is 13.1. The molecule has 3 rings (SSSR count). The SMILES string of the molecule is NCCN(CCc1ccccc1)S(=O)(=O)c1ccccc1Cn1cncn1. The van der Waals surface area contributed by atoms with E-state index >= 15 is 0 Å². The molecule has 0 bridgehead atoms. The van der Waals surface area contributed by atoms with Gasteiger partial charge in [0.2, 0.25) is 10.0 Å². The smallest absolute Gasteiger partial charge is 0.243 e. The van der Waals surface area contributed by atoms with Crippen LogP contribution in [-0.4, -0.2) is 47.1 Å². The van der Waals surface area contributed by atoms with Crippen LogP contribution in [0.3, 0.4) is 0 Å². The molecule has 0 aliphatic heterocycles. The summed E-state index contributed by atoms with van der Waals surface area (Å²) in [5, 5.41) is 4.07. The fourth-order valence-corrected chi connectivity index (χ4v) is 4.58. The maximum absolute atomic E-state index is 13.3. The zero-order valence-electron chi connectivity index (χ0n) is 15.0. The molecule has 0 fully saturated rings. The van der Waals surface area contributed by atoms with E-state index < -0.39 is 10.0 Å². The minimum Gasteiger partial charge on any atom is -0.329 e. The van der Waals surface area contributed by atoms with Crippen molar-refractivity contribution in [2.75, 3.05) is 19.6 Å². The highest BCUT2D eigenvalue weighted by Gasteiger charge is 2.26. The number of sulfonamides is 1. The first-order valence-corrected chi connectivity index (χ1v) is 10.2. The maximum atomic E-state index is 13.3. The first-order valence-electron chi connectivity index (χ1n) is 8.75. The molecule has 0 radical (unpaired) electrons. The van der Waals surface area contributed by atoms with Crippen molar-refractivity contribution in [1.82, 2.24) is 19.1 Å². The summed E-state index contributed by atoms with van der Waals surface area (Å²) in [6.07, 6.45) is 3.62. The Balaban J connectivity index is 1.85. The monoisotopic (exact) mass is 385 g/mol. The summed E-state index contributed by atoms with van der Waals surface area (Å²) in [6, 6.07) is 16.8. The van der Waals surface area contributed by atoms with Crippen molar-refractivity contribution in [1.29, 1.82) is 0 Å². The zero-order chi connectivity index (χ0) is 19.1. The van der Waals surface area contributed by atoms with Crippen LogP contribution in [0.1, 0.15) is 11.1 Å². The third-order valence-corrected chi connectivity index (χ3v) is 6.26. The standard InChI is InChI=1S/C19H23N5O2S/c20-11-13-24(12-10-17-6-2-1-3-7-17)27(25,26)19-9-5-4-8-18(19)14-23-16-21-15-22-23/h1-9,15-16H,10-14,20H2. The Kier molecular flexibility index (Phi) is 6.33. The van der Waals surface area contributed by atoms with E-state index in [-0.39, 0.29) is 18.0 Å². The molecule has 2 N–H and O–H groups in total. The molecule has 0 saturated carbocycles. The van der Waals surface area contributed by atoms with Crippen LogP contribution in [-0.2, 0) is 23.0 Å². The van der Waals surface area contributed by atoms with Crippen LogP contribution in [0, 0.1) is 0 Å². The largest absolute Gasteiger partial charge is 0.329 e. The van der Waals surface area contributed by atoms with Crippen LogP contribution in [0.25, 0.3) is 0 Å². The Morgan fingerprint density at radius 1 is 1.00 bits per heavy atom. The van der Waals surface area contributed by atoms with E-state index in [2.05, 4.69) is 10.1 Å². The third kappa shape index (κ3) is 4.79. The van der Waals surface area contributed by atoms with Crippen molar-refractivity contribution in [2.45, 2.75) is 17.9 Å². The Bertz CT molecular complexity index is 943. The van der Waals surface area contributed by atoms with Crippen LogP contribution in [0.4, 0.5) is 0 Å². The van der Waals surface area contributed by atoms with E-state index in [1.165, 1.54) is 10.6 Å². The fourth-order valence-electron chi connectivity index (χ4n) is 2.91. The molecule has 0 atom stereocenters. The van der Waals surface area contributed by atoms with Crippen molar-refractivity contribution >= 4 is 10.0 Å². The second-order valence-electron chi connectivity index (χ2n) is 6.13. The lowest BCUT2D eigenvalue weighted by Crippen LogP contribution is -2.37. The number of hydrogen-bond donors (Lipinski definition) is 1. The molecule has 0 saturated heterocycles. The molecule has 2 aromatic carbocycles. The molecule has 7 nitrogen and oxygen atoms in total. The molecule has 1 aromatic heterocycles. The Labute approximate surface area is 159 Å². The second-order valence-corrected chi connectivity index (χ2v) is 8.04. The quantitative estimate of drug-likeness (QED) is 0.603. The van der Waals surface area contributed by atoms with Crippen molar-refractivity contribution in [3.63, 3.8) is 0 Å². The minimum atomic E-state index is -3.68. The highest BCUT2D eigenvalue weighted by atomic mass is 32.2. The van der Waals surface area contributed by atoms with Gasteiger partial charge in [0, 0.05) is 19.6 Å². The lowest BCUT2D eigenvalue weighted by Gasteiger charge is -2.23. The summed E-state index contributed by atoms with van der Waals surface area (Å²) in [5.41, 5.74) is 7.45. The summed E-state index contributed by atoms with van der Waals surface area (Å²) in [6.45, 7) is 1.25. The van der Waals surface area contributed by atoms with Gasteiger partial charge in [-0.05, 0) is 23.6 Å². The van der Waals surface area contributed by atoms with Crippen molar-refractivity contribution in [2.24, 2.45) is 5.73 Å². The molecule has 0 aliphatic rings. The third-order valence-electron chi connectivity index (χ3n) is 4.26. The fraction of sp³-hybridized carbons (Fsp3) is 0.263. The van der Waals surface area contributed by atoms with E-state index in [1.807, 2.05) is 36.4 Å². The van der Waals surface area contributed by atoms with E-state index in [9.17, 15) is 8.42 Å². The Hall–Kier alpha value is -2.55. The van der Waals surface area contributed by atoms with Crippen LogP contribution in [0.5, 0.6) is 0 Å². The lowest BCUT2D eigenvalue weighted by atomic mass is 10.1. The summed E-state index contributed by atoms with van der Waals surface area (Å²) in [7, 11) is -3.68. The molecule has 0 spiro atoms. The average Bonchev–Trinajstić information content (AvgIpc) is 3.19. The van der Waals surface area contributed by atoms with Crippen molar-refractivity contribution in [3.05, 3.63) is 78.4 Å². The van der Waals surface area contributed by atoms with E-state index in [4.69, 9.17) is 5.73 Å². The van der Waals surface area contributed by atoms with Gasteiger partial charge in [-0.25, -0.2) is 18.1 Å². The molecule has 142 valence electrons. The molecule has 27 heavy (non-hydrogen) atoms. The Morgan fingerprint density at radius 2 is 1.74 bits per heavy atom. The van der Waals surface area contributed by atoms with Gasteiger partial charge in [-0.1, -0.05) is 48.5 Å². The highest BCUT2D eigenvalue weighted by molar-refractivity contribution is 7.89. The normalized spacial score (nSPS) is 11.8. The van der Waals surface area contributed by atoms with Gasteiger partial charge in [-0.3, -0.25) is 0 Å². The van der Waals surface area contributed by atoms with Crippen LogP contribution < -0.4 is 5.73 Å². The van der Waals surface area contributed by atoms with E-state index in [1.54, 1.807) is 29.2 Å². The van der Waals surface area contributed by atoms with Gasteiger partial charge in [-0.2, -0.15) is 9.40 Å². The number of hydrogen-bond acceptors (Lipinski definition) is 5. The van der Waals surface area contributed by atoms with E-state index in [0.717, 1.165) is 5.56 Å². The van der Waals surface area contributed by atoms with Gasteiger partial charge < -0.3 is 5.73 Å². The first kappa shape index (κ1) is 19.2. The molecule has 1 heterocycles. The number of nitrogens with zero attached hydrogens (tertiary/aromatic N) is 4. The summed E-state index contributed by atoms with van der Waals surface area (Å²) in [5.74, 6) is 0. The van der Waals surface area contributed by atoms with Gasteiger partial charge in [-0.15, -0.1) is 0 Å². The van der Waals surface area contributed by atoms with Crippen molar-refractivity contribution < 1.29 is 8.42 Å². The molecule has 3 aromatic rings. The Morgan fingerprint density at radius 3 is 2.44 bits per heavy atom. The summed E-state index contributed by atoms with van der Waals surface area (Å²) in [4.78, 5) is 4.19. The number of benzene rings is 2. The lowest BCUT2D eigenvalue weighted by molar-refractivity contribution is 0.421. The average molecular weight is 385 g/mol. The van der Waals surface area contributed by atoms with Crippen LogP contribution in [0.2, 0.25) is 0 Å². The molecular formula is C19H23N5O2S. The maximum Gasteiger partial charge on any atom is 0.243 e. The predicted octanol–water partition coefficient (Wildman–Crippen LogP) is 1.52. The van der Waals surface area contributed by atoms with Crippen LogP contribution >= 0.6 is 0 Å². The van der Waals surface area contributed by atoms with Gasteiger partial charge in [0.15, 0.2) is 0 Å². The topological polar surface area (TPSA) is 94.1 Å². The molecular weight excluding hydrogens is 362 g/mol. The van der Waals surface area contributed by atoms with Gasteiger partial charge in [0.05, 0.1) is 11.4 Å². The number of aromatic nitrogens is 3. The molecule has 0 aliphatic carbocycles. The molecule has 0 amide bonds. The van der Waals surface area contributed by atoms with Crippen molar-refractivity contribution in [3.8, 4) is 0 Å². The number of rotatable bonds is 9.